The molecule has 3 aromatic rings. The summed E-state index contributed by atoms with van der Waals surface area (Å²) in [4.78, 5) is 4.31. The first kappa shape index (κ1) is 10.2. The van der Waals surface area contributed by atoms with Crippen molar-refractivity contribution in [3.8, 4) is 22.4 Å². The van der Waals surface area contributed by atoms with Crippen molar-refractivity contribution in [2.24, 2.45) is 0 Å². The summed E-state index contributed by atoms with van der Waals surface area (Å²) in [7, 11) is 0. The lowest BCUT2D eigenvalue weighted by Gasteiger charge is -2.02. The highest BCUT2D eigenvalue weighted by molar-refractivity contribution is 7.07. The quantitative estimate of drug-likeness (QED) is 0.640. The maximum atomic E-state index is 4.31. The molecule has 0 saturated carbocycles. The number of benzene rings is 2. The van der Waals surface area contributed by atoms with Crippen LogP contribution in [0.2, 0.25) is 0 Å². The molecule has 0 aliphatic heterocycles. The Morgan fingerprint density at radius 1 is 0.706 bits per heavy atom. The Morgan fingerprint density at radius 2 is 1.35 bits per heavy atom. The van der Waals surface area contributed by atoms with Crippen molar-refractivity contribution in [1.29, 1.82) is 0 Å². The van der Waals surface area contributed by atoms with Crippen molar-refractivity contribution in [3.05, 3.63) is 65.5 Å². The van der Waals surface area contributed by atoms with Gasteiger partial charge in [-0.15, -0.1) is 11.3 Å². The third-order valence-electron chi connectivity index (χ3n) is 2.72. The fraction of sp³-hybridized carbons (Fsp3) is 0. The highest BCUT2D eigenvalue weighted by atomic mass is 32.1. The van der Waals surface area contributed by atoms with E-state index in [1.165, 1.54) is 16.7 Å². The first-order valence-corrected chi connectivity index (χ1v) is 6.42. The molecule has 0 N–H and O–H groups in total. The SMILES string of the molecule is c1ccc(-c2ccc(-c3cscn3)cc2)cc1. The van der Waals surface area contributed by atoms with Gasteiger partial charge in [0, 0.05) is 10.9 Å². The van der Waals surface area contributed by atoms with Gasteiger partial charge in [0.05, 0.1) is 11.2 Å². The molecule has 0 atom stereocenters. The Kier molecular flexibility index (Phi) is 2.72. The summed E-state index contributed by atoms with van der Waals surface area (Å²) < 4.78 is 0. The largest absolute Gasteiger partial charge is 0.245 e. The Labute approximate surface area is 104 Å². The standard InChI is InChI=1S/C15H11NS/c1-2-4-12(5-3-1)13-6-8-14(9-7-13)15-10-17-11-16-15/h1-11H. The molecule has 0 amide bonds. The fourth-order valence-corrected chi connectivity index (χ4v) is 2.38. The lowest BCUT2D eigenvalue weighted by Crippen LogP contribution is -1.79. The summed E-state index contributed by atoms with van der Waals surface area (Å²) in [5, 5.41) is 2.07. The van der Waals surface area contributed by atoms with Gasteiger partial charge in [0.15, 0.2) is 0 Å². The van der Waals surface area contributed by atoms with Gasteiger partial charge >= 0.3 is 0 Å². The van der Waals surface area contributed by atoms with E-state index in [1.54, 1.807) is 11.3 Å². The molecule has 0 bridgehead atoms. The minimum Gasteiger partial charge on any atom is -0.245 e. The van der Waals surface area contributed by atoms with Gasteiger partial charge in [-0.25, -0.2) is 4.98 Å². The minimum absolute atomic E-state index is 1.05. The Morgan fingerprint density at radius 3 is 2.00 bits per heavy atom. The van der Waals surface area contributed by atoms with Gasteiger partial charge in [-0.1, -0.05) is 54.6 Å². The van der Waals surface area contributed by atoms with Crippen LogP contribution in [0.25, 0.3) is 22.4 Å². The molecule has 0 unspecified atom stereocenters. The normalized spacial score (nSPS) is 10.4. The van der Waals surface area contributed by atoms with Gasteiger partial charge in [-0.2, -0.15) is 0 Å². The van der Waals surface area contributed by atoms with Gasteiger partial charge in [0.2, 0.25) is 0 Å². The van der Waals surface area contributed by atoms with Crippen LogP contribution in [0, 0.1) is 0 Å². The zero-order chi connectivity index (χ0) is 11.5. The minimum atomic E-state index is 1.05. The van der Waals surface area contributed by atoms with Gasteiger partial charge in [-0.3, -0.25) is 0 Å². The van der Waals surface area contributed by atoms with Gasteiger partial charge in [-0.05, 0) is 11.1 Å². The van der Waals surface area contributed by atoms with Crippen LogP contribution in [-0.4, -0.2) is 4.98 Å². The van der Waals surface area contributed by atoms with Crippen LogP contribution in [0.15, 0.2) is 65.5 Å². The Balaban J connectivity index is 1.96. The zero-order valence-corrected chi connectivity index (χ0v) is 10.0. The summed E-state index contributed by atoms with van der Waals surface area (Å²) in [6.45, 7) is 0. The van der Waals surface area contributed by atoms with Crippen LogP contribution in [0.4, 0.5) is 0 Å². The number of rotatable bonds is 2. The van der Waals surface area contributed by atoms with Crippen molar-refractivity contribution in [2.45, 2.75) is 0 Å². The summed E-state index contributed by atoms with van der Waals surface area (Å²) in [5.74, 6) is 0. The lowest BCUT2D eigenvalue weighted by molar-refractivity contribution is 1.41. The van der Waals surface area contributed by atoms with Crippen LogP contribution in [0.5, 0.6) is 0 Å². The molecule has 17 heavy (non-hydrogen) atoms. The van der Waals surface area contributed by atoms with Crippen molar-refractivity contribution < 1.29 is 0 Å². The predicted octanol–water partition coefficient (Wildman–Crippen LogP) is 4.48. The number of hydrogen-bond donors (Lipinski definition) is 0. The van der Waals surface area contributed by atoms with Crippen LogP contribution in [-0.2, 0) is 0 Å². The van der Waals surface area contributed by atoms with E-state index < -0.39 is 0 Å². The Hall–Kier alpha value is -1.93. The maximum Gasteiger partial charge on any atom is 0.0811 e. The molecule has 1 nitrogen and oxygen atoms in total. The number of thiazole rings is 1. The topological polar surface area (TPSA) is 12.9 Å². The van der Waals surface area contributed by atoms with E-state index in [4.69, 9.17) is 0 Å². The van der Waals surface area contributed by atoms with Crippen molar-refractivity contribution in [3.63, 3.8) is 0 Å². The predicted molar refractivity (Wildman–Crippen MR) is 73.0 cm³/mol. The lowest BCUT2D eigenvalue weighted by atomic mass is 10.0. The average Bonchev–Trinajstić information content (AvgIpc) is 2.94. The first-order valence-electron chi connectivity index (χ1n) is 5.47. The highest BCUT2D eigenvalue weighted by Gasteiger charge is 2.00. The van der Waals surface area contributed by atoms with Crippen LogP contribution in [0.3, 0.4) is 0 Å². The molecule has 0 spiro atoms. The highest BCUT2D eigenvalue weighted by Crippen LogP contribution is 2.24. The van der Waals surface area contributed by atoms with E-state index in [9.17, 15) is 0 Å². The summed E-state index contributed by atoms with van der Waals surface area (Å²) >= 11 is 1.62. The summed E-state index contributed by atoms with van der Waals surface area (Å²) in [5.41, 5.74) is 6.57. The molecule has 3 rings (SSSR count). The molecule has 0 radical (unpaired) electrons. The van der Waals surface area contributed by atoms with Crippen LogP contribution in [0.1, 0.15) is 0 Å². The van der Waals surface area contributed by atoms with Crippen molar-refractivity contribution >= 4 is 11.3 Å². The van der Waals surface area contributed by atoms with Crippen molar-refractivity contribution in [2.75, 3.05) is 0 Å². The second-order valence-electron chi connectivity index (χ2n) is 3.82. The molecule has 2 aromatic carbocycles. The molecule has 0 aliphatic carbocycles. The van der Waals surface area contributed by atoms with Gasteiger partial charge < -0.3 is 0 Å². The molecule has 0 aliphatic rings. The van der Waals surface area contributed by atoms with Gasteiger partial charge in [0.25, 0.3) is 0 Å². The second-order valence-corrected chi connectivity index (χ2v) is 4.54. The first-order chi connectivity index (χ1) is 8.43. The van der Waals surface area contributed by atoms with E-state index in [0.29, 0.717) is 0 Å². The van der Waals surface area contributed by atoms with Crippen molar-refractivity contribution in [1.82, 2.24) is 4.98 Å². The molecule has 2 heteroatoms. The molecule has 1 heterocycles. The summed E-state index contributed by atoms with van der Waals surface area (Å²) in [6, 6.07) is 18.9. The molecule has 1 aromatic heterocycles. The number of nitrogens with zero attached hydrogens (tertiary/aromatic N) is 1. The molecule has 0 fully saturated rings. The number of hydrogen-bond acceptors (Lipinski definition) is 2. The zero-order valence-electron chi connectivity index (χ0n) is 9.21. The van der Waals surface area contributed by atoms with E-state index in [2.05, 4.69) is 58.9 Å². The Bertz CT molecular complexity index is 583. The fourth-order valence-electron chi connectivity index (χ4n) is 1.82. The van der Waals surface area contributed by atoms with E-state index in [1.807, 2.05) is 11.6 Å². The molecule has 82 valence electrons. The third-order valence-corrected chi connectivity index (χ3v) is 3.31. The van der Waals surface area contributed by atoms with Crippen LogP contribution < -0.4 is 0 Å². The maximum absolute atomic E-state index is 4.31. The molecule has 0 saturated heterocycles. The smallest absolute Gasteiger partial charge is 0.0811 e. The third kappa shape index (κ3) is 2.12. The van der Waals surface area contributed by atoms with E-state index in [0.717, 1.165) is 5.69 Å². The van der Waals surface area contributed by atoms with E-state index >= 15 is 0 Å². The van der Waals surface area contributed by atoms with Crippen LogP contribution >= 0.6 is 11.3 Å². The second kappa shape index (κ2) is 4.52. The number of aromatic nitrogens is 1. The molecular formula is C15H11NS. The van der Waals surface area contributed by atoms with E-state index in [-0.39, 0.29) is 0 Å². The monoisotopic (exact) mass is 237 g/mol. The summed E-state index contributed by atoms with van der Waals surface area (Å²) in [6.07, 6.45) is 0. The van der Waals surface area contributed by atoms with Gasteiger partial charge in [0.1, 0.15) is 0 Å². The molecular weight excluding hydrogens is 226 g/mol. The average molecular weight is 237 g/mol.